The van der Waals surface area contributed by atoms with Crippen LogP contribution in [0.5, 0.6) is 5.75 Å². The fraction of sp³-hybridized carbons (Fsp3) is 0.269. The average molecular weight is 477 g/mol. The van der Waals surface area contributed by atoms with Crippen molar-refractivity contribution >= 4 is 28.8 Å². The summed E-state index contributed by atoms with van der Waals surface area (Å²) < 4.78 is 7.06. The minimum absolute atomic E-state index is 0.0886. The Morgan fingerprint density at radius 3 is 2.50 bits per heavy atom. The first-order chi connectivity index (χ1) is 16.1. The van der Waals surface area contributed by atoms with Gasteiger partial charge in [-0.1, -0.05) is 39.0 Å². The van der Waals surface area contributed by atoms with Gasteiger partial charge in [-0.05, 0) is 43.7 Å². The summed E-state index contributed by atoms with van der Waals surface area (Å²) in [7, 11) is 1.51. The summed E-state index contributed by atoms with van der Waals surface area (Å²) in [6.45, 7) is 10.4. The Morgan fingerprint density at radius 1 is 1.15 bits per heavy atom. The number of aryl methyl sites for hydroxylation is 2. The van der Waals surface area contributed by atoms with Crippen LogP contribution in [0.2, 0.25) is 0 Å². The lowest BCUT2D eigenvalue weighted by Crippen LogP contribution is -2.11. The van der Waals surface area contributed by atoms with Crippen LogP contribution < -0.4 is 10.1 Å². The molecular formula is C26H28N4O3S. The van der Waals surface area contributed by atoms with Gasteiger partial charge >= 0.3 is 5.97 Å². The molecule has 0 atom stereocenters. The molecular weight excluding hydrogens is 448 g/mol. The average Bonchev–Trinajstić information content (AvgIpc) is 3.39. The van der Waals surface area contributed by atoms with Crippen molar-refractivity contribution in [2.24, 2.45) is 0 Å². The van der Waals surface area contributed by atoms with Crippen LogP contribution >= 0.6 is 11.3 Å². The normalized spacial score (nSPS) is 11.5. The Morgan fingerprint density at radius 2 is 1.88 bits per heavy atom. The number of rotatable bonds is 6. The second-order valence-electron chi connectivity index (χ2n) is 9.14. The van der Waals surface area contributed by atoms with Crippen molar-refractivity contribution < 1.29 is 14.6 Å². The first-order valence-electron chi connectivity index (χ1n) is 10.9. The van der Waals surface area contributed by atoms with Crippen molar-refractivity contribution in [2.45, 2.75) is 40.0 Å². The standard InChI is InChI=1S/C26H28N4O3S/c1-15-9-7-8-10-20(15)30-23(27-19-12-11-17(33-6)13-18(19)25(31)32)22(16(2)29-30)24-28-21(14-34-24)26(3,4)5/h7-14,27H,1-6H3,(H,31,32). The van der Waals surface area contributed by atoms with E-state index in [1.165, 1.54) is 13.2 Å². The molecule has 0 bridgehead atoms. The van der Waals surface area contributed by atoms with Crippen LogP contribution in [-0.2, 0) is 5.41 Å². The zero-order valence-corrected chi connectivity index (χ0v) is 20.9. The third kappa shape index (κ3) is 4.41. The summed E-state index contributed by atoms with van der Waals surface area (Å²) in [6.07, 6.45) is 0. The minimum atomic E-state index is -1.05. The van der Waals surface area contributed by atoms with Crippen LogP contribution in [0.15, 0.2) is 47.8 Å². The fourth-order valence-corrected chi connectivity index (χ4v) is 4.81. The zero-order chi connectivity index (χ0) is 24.6. The quantitative estimate of drug-likeness (QED) is 0.337. The van der Waals surface area contributed by atoms with Crippen LogP contribution in [0.4, 0.5) is 11.5 Å². The number of anilines is 2. The van der Waals surface area contributed by atoms with Gasteiger partial charge in [-0.15, -0.1) is 11.3 Å². The lowest BCUT2D eigenvalue weighted by Gasteiger charge is -2.16. The highest BCUT2D eigenvalue weighted by Crippen LogP contribution is 2.39. The van der Waals surface area contributed by atoms with E-state index >= 15 is 0 Å². The lowest BCUT2D eigenvalue weighted by molar-refractivity contribution is 0.0697. The van der Waals surface area contributed by atoms with Crippen molar-refractivity contribution in [1.82, 2.24) is 14.8 Å². The molecule has 0 spiro atoms. The van der Waals surface area contributed by atoms with E-state index in [-0.39, 0.29) is 11.0 Å². The van der Waals surface area contributed by atoms with Gasteiger partial charge in [0.05, 0.1) is 41.0 Å². The maximum Gasteiger partial charge on any atom is 0.337 e. The monoisotopic (exact) mass is 476 g/mol. The maximum absolute atomic E-state index is 12.0. The highest BCUT2D eigenvalue weighted by molar-refractivity contribution is 7.13. The summed E-state index contributed by atoms with van der Waals surface area (Å²) in [5.74, 6) is 0.0849. The molecule has 8 heteroatoms. The number of para-hydroxylation sites is 1. The van der Waals surface area contributed by atoms with Crippen LogP contribution in [0.25, 0.3) is 16.3 Å². The topological polar surface area (TPSA) is 89.3 Å². The van der Waals surface area contributed by atoms with E-state index in [1.807, 2.05) is 42.8 Å². The van der Waals surface area contributed by atoms with Gasteiger partial charge in [0.15, 0.2) is 0 Å². The number of methoxy groups -OCH3 is 1. The van der Waals surface area contributed by atoms with Crippen LogP contribution in [-0.4, -0.2) is 33.0 Å². The maximum atomic E-state index is 12.0. The highest BCUT2D eigenvalue weighted by atomic mass is 32.1. The molecule has 34 heavy (non-hydrogen) atoms. The Balaban J connectivity index is 1.94. The van der Waals surface area contributed by atoms with E-state index in [0.29, 0.717) is 17.3 Å². The van der Waals surface area contributed by atoms with Crippen molar-refractivity contribution in [3.05, 3.63) is 70.4 Å². The van der Waals surface area contributed by atoms with Gasteiger partial charge in [0.2, 0.25) is 0 Å². The highest BCUT2D eigenvalue weighted by Gasteiger charge is 2.25. The zero-order valence-electron chi connectivity index (χ0n) is 20.1. The molecule has 4 rings (SSSR count). The van der Waals surface area contributed by atoms with Crippen molar-refractivity contribution in [1.29, 1.82) is 0 Å². The Kier molecular flexibility index (Phi) is 6.18. The molecule has 0 fully saturated rings. The Bertz CT molecular complexity index is 1360. The molecule has 0 saturated heterocycles. The van der Waals surface area contributed by atoms with E-state index in [4.69, 9.17) is 14.8 Å². The molecule has 0 saturated carbocycles. The van der Waals surface area contributed by atoms with Crippen LogP contribution in [0.1, 0.15) is 48.1 Å². The number of nitrogens with zero attached hydrogens (tertiary/aromatic N) is 3. The number of aromatic nitrogens is 3. The summed E-state index contributed by atoms with van der Waals surface area (Å²) in [6, 6.07) is 12.9. The molecule has 2 aromatic carbocycles. The molecule has 0 aliphatic heterocycles. The Hall–Kier alpha value is -3.65. The molecule has 0 aliphatic rings. The number of carboxylic acids is 1. The molecule has 2 aromatic heterocycles. The molecule has 176 valence electrons. The van der Waals surface area contributed by atoms with Gasteiger partial charge in [0.25, 0.3) is 0 Å². The van der Waals surface area contributed by atoms with E-state index in [1.54, 1.807) is 23.5 Å². The predicted molar refractivity (Wildman–Crippen MR) is 136 cm³/mol. The molecule has 2 heterocycles. The number of benzene rings is 2. The summed E-state index contributed by atoms with van der Waals surface area (Å²) in [4.78, 5) is 17.0. The number of nitrogens with one attached hydrogen (secondary N) is 1. The van der Waals surface area contributed by atoms with Crippen molar-refractivity contribution in [2.75, 3.05) is 12.4 Å². The van der Waals surface area contributed by atoms with E-state index < -0.39 is 5.97 Å². The van der Waals surface area contributed by atoms with Gasteiger partial charge in [-0.25, -0.2) is 14.5 Å². The summed E-state index contributed by atoms with van der Waals surface area (Å²) in [5, 5.41) is 21.0. The largest absolute Gasteiger partial charge is 0.497 e. The lowest BCUT2D eigenvalue weighted by atomic mass is 9.93. The fourth-order valence-electron chi connectivity index (χ4n) is 3.67. The predicted octanol–water partition coefficient (Wildman–Crippen LogP) is 6.36. The molecule has 0 radical (unpaired) electrons. The van der Waals surface area contributed by atoms with Crippen molar-refractivity contribution in [3.8, 4) is 22.0 Å². The number of hydrogen-bond donors (Lipinski definition) is 2. The third-order valence-corrected chi connectivity index (χ3v) is 6.46. The molecule has 4 aromatic rings. The van der Waals surface area contributed by atoms with Gasteiger partial charge in [-0.3, -0.25) is 0 Å². The summed E-state index contributed by atoms with van der Waals surface area (Å²) >= 11 is 1.56. The first-order valence-corrected chi connectivity index (χ1v) is 11.8. The second-order valence-corrected chi connectivity index (χ2v) is 9.99. The SMILES string of the molecule is COc1ccc(Nc2c(-c3nc(C(C)(C)C)cs3)c(C)nn2-c2ccccc2C)c(C(=O)O)c1. The first kappa shape index (κ1) is 23.5. The van der Waals surface area contributed by atoms with Crippen LogP contribution in [0.3, 0.4) is 0 Å². The number of aromatic carboxylic acids is 1. The molecule has 0 aliphatic carbocycles. The summed E-state index contributed by atoms with van der Waals surface area (Å²) in [5.41, 5.74) is 5.04. The van der Waals surface area contributed by atoms with Gasteiger partial charge < -0.3 is 15.2 Å². The van der Waals surface area contributed by atoms with E-state index in [9.17, 15) is 9.90 Å². The Labute approximate surface area is 203 Å². The number of thiazole rings is 1. The number of carboxylic acid groups (broad SMARTS) is 1. The number of carbonyl (C=O) groups is 1. The second kappa shape index (κ2) is 8.95. The number of ether oxygens (including phenoxy) is 1. The van der Waals surface area contributed by atoms with Gasteiger partial charge in [-0.2, -0.15) is 5.10 Å². The number of hydrogen-bond acceptors (Lipinski definition) is 6. The smallest absolute Gasteiger partial charge is 0.337 e. The molecule has 2 N–H and O–H groups in total. The third-order valence-electron chi connectivity index (χ3n) is 5.60. The van der Waals surface area contributed by atoms with Gasteiger partial charge in [0.1, 0.15) is 16.6 Å². The van der Waals surface area contributed by atoms with E-state index in [0.717, 1.165) is 33.2 Å². The minimum Gasteiger partial charge on any atom is -0.497 e. The van der Waals surface area contributed by atoms with Crippen molar-refractivity contribution in [3.63, 3.8) is 0 Å². The van der Waals surface area contributed by atoms with Gasteiger partial charge in [0, 0.05) is 10.8 Å². The molecule has 0 unspecified atom stereocenters. The molecule has 0 amide bonds. The van der Waals surface area contributed by atoms with E-state index in [2.05, 4.69) is 31.5 Å². The molecule has 7 nitrogen and oxygen atoms in total. The van der Waals surface area contributed by atoms with Crippen LogP contribution in [0, 0.1) is 13.8 Å².